The molecule has 1 amide bonds. The average Bonchev–Trinajstić information content (AvgIpc) is 2.23. The molecule has 2 N–H and O–H groups in total. The molecular formula is C15H26N2O2. The van der Waals surface area contributed by atoms with Crippen LogP contribution in [-0.4, -0.2) is 35.2 Å². The van der Waals surface area contributed by atoms with E-state index in [9.17, 15) is 4.79 Å². The number of rotatable bonds is 0. The maximum atomic E-state index is 12.4. The lowest BCUT2D eigenvalue weighted by molar-refractivity contribution is -0.163. The van der Waals surface area contributed by atoms with Crippen LogP contribution < -0.4 is 5.73 Å². The molecular weight excluding hydrogens is 240 g/mol. The molecule has 1 aliphatic heterocycles. The van der Waals surface area contributed by atoms with Gasteiger partial charge in [-0.15, -0.1) is 0 Å². The van der Waals surface area contributed by atoms with Crippen LogP contribution in [0.4, 0.5) is 4.79 Å². The predicted octanol–water partition coefficient (Wildman–Crippen LogP) is 2.51. The van der Waals surface area contributed by atoms with Crippen LogP contribution in [0.3, 0.4) is 0 Å². The minimum atomic E-state index is -0.414. The Morgan fingerprint density at radius 3 is 2.53 bits per heavy atom. The minimum absolute atomic E-state index is 0.139. The summed E-state index contributed by atoms with van der Waals surface area (Å²) in [5.41, 5.74) is 6.19. The first-order chi connectivity index (χ1) is 8.85. The number of ether oxygens (including phenoxy) is 1. The van der Waals surface area contributed by atoms with Gasteiger partial charge in [-0.1, -0.05) is 6.42 Å². The highest BCUT2D eigenvalue weighted by Crippen LogP contribution is 2.62. The fraction of sp³-hybridized carbons (Fsp3) is 0.933. The largest absolute Gasteiger partial charge is 0.444 e. The van der Waals surface area contributed by atoms with Gasteiger partial charge in [0.05, 0.1) is 0 Å². The molecule has 1 heterocycles. The summed E-state index contributed by atoms with van der Waals surface area (Å²) in [7, 11) is 0. The van der Waals surface area contributed by atoms with Gasteiger partial charge < -0.3 is 15.4 Å². The first-order valence-corrected chi connectivity index (χ1v) is 7.60. The summed E-state index contributed by atoms with van der Waals surface area (Å²) in [6, 6.07) is 0.649. The van der Waals surface area contributed by atoms with Gasteiger partial charge in [-0.05, 0) is 52.4 Å². The predicted molar refractivity (Wildman–Crippen MR) is 73.7 cm³/mol. The number of nitrogens with zero attached hydrogens (tertiary/aromatic N) is 1. The number of hydrogen-bond donors (Lipinski definition) is 1. The van der Waals surface area contributed by atoms with E-state index in [0.29, 0.717) is 18.0 Å². The van der Waals surface area contributed by atoms with Gasteiger partial charge in [0, 0.05) is 24.0 Å². The molecule has 108 valence electrons. The Labute approximate surface area is 115 Å². The molecule has 1 saturated heterocycles. The van der Waals surface area contributed by atoms with Crippen molar-refractivity contribution in [3.05, 3.63) is 0 Å². The maximum absolute atomic E-state index is 12.4. The monoisotopic (exact) mass is 266 g/mol. The zero-order valence-corrected chi connectivity index (χ0v) is 12.3. The van der Waals surface area contributed by atoms with Crippen LogP contribution in [0.2, 0.25) is 0 Å². The molecule has 19 heavy (non-hydrogen) atoms. The van der Waals surface area contributed by atoms with Crippen LogP contribution in [0.1, 0.15) is 52.9 Å². The van der Waals surface area contributed by atoms with E-state index in [4.69, 9.17) is 10.5 Å². The molecule has 1 spiro atoms. The fourth-order valence-electron chi connectivity index (χ4n) is 4.38. The summed E-state index contributed by atoms with van der Waals surface area (Å²) in [5, 5.41) is 0. The van der Waals surface area contributed by atoms with Crippen molar-refractivity contribution in [1.82, 2.24) is 4.90 Å². The summed E-state index contributed by atoms with van der Waals surface area (Å²) in [5.74, 6) is 0.501. The molecule has 2 saturated carbocycles. The smallest absolute Gasteiger partial charge is 0.410 e. The number of fused-ring (bicyclic) bond motifs is 2. The van der Waals surface area contributed by atoms with Gasteiger partial charge in [-0.2, -0.15) is 0 Å². The van der Waals surface area contributed by atoms with E-state index in [1.54, 1.807) is 0 Å². The molecule has 3 rings (SSSR count). The number of piperidine rings is 1. The van der Waals surface area contributed by atoms with Gasteiger partial charge in [-0.3, -0.25) is 0 Å². The van der Waals surface area contributed by atoms with Gasteiger partial charge in [0.1, 0.15) is 5.60 Å². The lowest BCUT2D eigenvalue weighted by Gasteiger charge is -2.69. The lowest BCUT2D eigenvalue weighted by Crippen LogP contribution is -2.77. The summed E-state index contributed by atoms with van der Waals surface area (Å²) < 4.78 is 5.57. The van der Waals surface area contributed by atoms with Gasteiger partial charge in [0.2, 0.25) is 0 Å². The quantitative estimate of drug-likeness (QED) is 0.733. The maximum Gasteiger partial charge on any atom is 0.410 e. The van der Waals surface area contributed by atoms with Crippen molar-refractivity contribution < 1.29 is 9.53 Å². The van der Waals surface area contributed by atoms with Crippen molar-refractivity contribution in [2.45, 2.75) is 70.6 Å². The number of hydrogen-bond acceptors (Lipinski definition) is 3. The van der Waals surface area contributed by atoms with E-state index >= 15 is 0 Å². The normalized spacial score (nSPS) is 36.2. The van der Waals surface area contributed by atoms with Crippen molar-refractivity contribution in [1.29, 1.82) is 0 Å². The Kier molecular flexibility index (Phi) is 2.86. The van der Waals surface area contributed by atoms with E-state index in [0.717, 1.165) is 13.0 Å². The van der Waals surface area contributed by atoms with Crippen molar-refractivity contribution in [3.63, 3.8) is 0 Å². The molecule has 0 aromatic heterocycles. The van der Waals surface area contributed by atoms with E-state index < -0.39 is 5.60 Å². The van der Waals surface area contributed by atoms with E-state index in [1.807, 2.05) is 25.7 Å². The molecule has 2 aliphatic carbocycles. The number of nitrogens with two attached hydrogens (primary N) is 1. The highest BCUT2D eigenvalue weighted by atomic mass is 16.6. The fourth-order valence-corrected chi connectivity index (χ4v) is 4.38. The molecule has 0 bridgehead atoms. The van der Waals surface area contributed by atoms with E-state index in [2.05, 4.69) is 0 Å². The van der Waals surface area contributed by atoms with Crippen molar-refractivity contribution in [2.75, 3.05) is 6.54 Å². The van der Waals surface area contributed by atoms with Gasteiger partial charge in [0.15, 0.2) is 0 Å². The highest BCUT2D eigenvalue weighted by molar-refractivity contribution is 5.69. The number of carbonyl (C=O) groups is 1. The second-order valence-electron chi connectivity index (χ2n) is 7.54. The van der Waals surface area contributed by atoms with Crippen LogP contribution >= 0.6 is 0 Å². The van der Waals surface area contributed by atoms with Gasteiger partial charge >= 0.3 is 6.09 Å². The lowest BCUT2D eigenvalue weighted by atomic mass is 9.43. The zero-order valence-electron chi connectivity index (χ0n) is 12.3. The molecule has 0 radical (unpaired) electrons. The van der Waals surface area contributed by atoms with Crippen LogP contribution in [0.15, 0.2) is 0 Å². The summed E-state index contributed by atoms with van der Waals surface area (Å²) in [6.07, 6.45) is 5.74. The Morgan fingerprint density at radius 2 is 2.00 bits per heavy atom. The molecule has 0 aromatic rings. The van der Waals surface area contributed by atoms with E-state index in [-0.39, 0.29) is 11.5 Å². The second-order valence-corrected chi connectivity index (χ2v) is 7.54. The van der Waals surface area contributed by atoms with E-state index in [1.165, 1.54) is 25.7 Å². The van der Waals surface area contributed by atoms with Crippen molar-refractivity contribution in [2.24, 2.45) is 17.1 Å². The third kappa shape index (κ3) is 1.87. The molecule has 4 nitrogen and oxygen atoms in total. The molecule has 3 unspecified atom stereocenters. The minimum Gasteiger partial charge on any atom is -0.444 e. The van der Waals surface area contributed by atoms with Crippen LogP contribution in [-0.2, 0) is 4.74 Å². The third-order valence-electron chi connectivity index (χ3n) is 5.30. The average molecular weight is 266 g/mol. The summed E-state index contributed by atoms with van der Waals surface area (Å²) in [4.78, 5) is 14.4. The highest BCUT2D eigenvalue weighted by Gasteiger charge is 2.66. The Balaban J connectivity index is 1.76. The Bertz CT molecular complexity index is 384. The van der Waals surface area contributed by atoms with Gasteiger partial charge in [0.25, 0.3) is 0 Å². The molecule has 3 atom stereocenters. The van der Waals surface area contributed by atoms with Crippen LogP contribution in [0.25, 0.3) is 0 Å². The number of carbonyl (C=O) groups excluding carboxylic acids is 1. The SMILES string of the molecule is CC(C)(C)OC(=O)N1CCCC2C(N)C3(CCC3)C21. The van der Waals surface area contributed by atoms with Crippen molar-refractivity contribution in [3.8, 4) is 0 Å². The third-order valence-corrected chi connectivity index (χ3v) is 5.30. The molecule has 0 aromatic carbocycles. The van der Waals surface area contributed by atoms with Crippen molar-refractivity contribution >= 4 is 6.09 Å². The molecule has 3 fully saturated rings. The first-order valence-electron chi connectivity index (χ1n) is 7.60. The summed E-state index contributed by atoms with van der Waals surface area (Å²) >= 11 is 0. The van der Waals surface area contributed by atoms with Gasteiger partial charge in [-0.25, -0.2) is 4.79 Å². The molecule has 4 heteroatoms. The number of likely N-dealkylation sites (tertiary alicyclic amines) is 1. The first kappa shape index (κ1) is 13.2. The standard InChI is InChI=1S/C15H26N2O2/c1-14(2,3)19-13(18)17-9-4-6-10-11(16)15(12(10)17)7-5-8-15/h10-12H,4-9,16H2,1-3H3. The number of amides is 1. The second kappa shape index (κ2) is 4.11. The summed E-state index contributed by atoms with van der Waals surface area (Å²) in [6.45, 7) is 6.62. The zero-order chi connectivity index (χ0) is 13.8. The van der Waals surface area contributed by atoms with Crippen LogP contribution in [0.5, 0.6) is 0 Å². The molecule has 3 aliphatic rings. The Hall–Kier alpha value is -0.770. The Morgan fingerprint density at radius 1 is 1.32 bits per heavy atom. The van der Waals surface area contributed by atoms with Crippen LogP contribution in [0, 0.1) is 11.3 Å². The topological polar surface area (TPSA) is 55.6 Å².